The molecule has 2 amide bonds. The minimum atomic E-state index is -4.00. The van der Waals surface area contributed by atoms with Crippen LogP contribution in [0.2, 0.25) is 0 Å². The molecule has 0 bridgehead atoms. The number of nitrogens with zero attached hydrogens (tertiary/aromatic N) is 1. The van der Waals surface area contributed by atoms with Crippen LogP contribution in [0, 0.1) is 0 Å². The fraction of sp³-hybridized carbons (Fsp3) is 0.176. The van der Waals surface area contributed by atoms with Crippen LogP contribution in [0.4, 0.5) is 4.79 Å². The zero-order chi connectivity index (χ0) is 17.4. The maximum Gasteiger partial charge on any atom is 0.302 e. The summed E-state index contributed by atoms with van der Waals surface area (Å²) in [4.78, 5) is 25.3. The van der Waals surface area contributed by atoms with Crippen molar-refractivity contribution >= 4 is 32.9 Å². The van der Waals surface area contributed by atoms with E-state index in [-0.39, 0.29) is 5.75 Å². The van der Waals surface area contributed by atoms with Gasteiger partial charge in [-0.3, -0.25) is 9.59 Å². The Morgan fingerprint density at radius 1 is 0.917 bits per heavy atom. The van der Waals surface area contributed by atoms with Crippen LogP contribution in [-0.2, 0) is 20.2 Å². The Kier molecular flexibility index (Phi) is 4.23. The number of sulfonamides is 1. The molecular weight excluding hydrogens is 346 g/mol. The first-order valence-corrected chi connectivity index (χ1v) is 10.0. The molecule has 124 valence electrons. The molecule has 0 aromatic heterocycles. The second-order valence-electron chi connectivity index (χ2n) is 5.52. The van der Waals surface area contributed by atoms with Crippen molar-refractivity contribution in [2.24, 2.45) is 0 Å². The molecule has 1 fully saturated rings. The van der Waals surface area contributed by atoms with E-state index in [1.54, 1.807) is 48.5 Å². The Hall–Kier alpha value is -2.12. The molecule has 0 aliphatic carbocycles. The zero-order valence-corrected chi connectivity index (χ0v) is 14.5. The summed E-state index contributed by atoms with van der Waals surface area (Å²) in [7, 11) is -4.00. The van der Waals surface area contributed by atoms with Gasteiger partial charge in [-0.05, 0) is 11.1 Å². The maximum absolute atomic E-state index is 13.2. The minimum absolute atomic E-state index is 0.157. The van der Waals surface area contributed by atoms with E-state index in [1.807, 2.05) is 12.1 Å². The predicted octanol–water partition coefficient (Wildman–Crippen LogP) is 2.63. The summed E-state index contributed by atoms with van der Waals surface area (Å²) in [5.74, 6) is -0.573. The molecule has 0 spiro atoms. The van der Waals surface area contributed by atoms with Crippen molar-refractivity contribution in [1.29, 1.82) is 0 Å². The van der Waals surface area contributed by atoms with Crippen molar-refractivity contribution in [3.63, 3.8) is 0 Å². The van der Waals surface area contributed by atoms with Crippen LogP contribution in [-0.4, -0.2) is 35.9 Å². The number of rotatable bonds is 3. The third-order valence-corrected chi connectivity index (χ3v) is 6.11. The number of amides is 2. The van der Waals surface area contributed by atoms with Crippen LogP contribution < -0.4 is 0 Å². The molecule has 0 N–H and O–H groups in total. The molecule has 24 heavy (non-hydrogen) atoms. The van der Waals surface area contributed by atoms with E-state index in [4.69, 9.17) is 0 Å². The highest BCUT2D eigenvalue weighted by Crippen LogP contribution is 2.42. The van der Waals surface area contributed by atoms with E-state index < -0.39 is 26.6 Å². The largest absolute Gasteiger partial charge is 0.302 e. The zero-order valence-electron chi connectivity index (χ0n) is 12.9. The molecule has 2 aromatic carbocycles. The number of benzene rings is 2. The van der Waals surface area contributed by atoms with Gasteiger partial charge in [-0.1, -0.05) is 72.4 Å². The third kappa shape index (κ3) is 2.63. The Morgan fingerprint density at radius 2 is 1.38 bits per heavy atom. The summed E-state index contributed by atoms with van der Waals surface area (Å²) in [6.45, 7) is 0. The molecule has 0 unspecified atom stereocenters. The van der Waals surface area contributed by atoms with E-state index in [2.05, 4.69) is 0 Å². The number of hydrogen-bond donors (Lipinski definition) is 0. The lowest BCUT2D eigenvalue weighted by Crippen LogP contribution is -2.56. The first-order valence-electron chi connectivity index (χ1n) is 7.20. The molecule has 2 aromatic rings. The van der Waals surface area contributed by atoms with Gasteiger partial charge in [0.2, 0.25) is 10.0 Å². The predicted molar refractivity (Wildman–Crippen MR) is 93.2 cm³/mol. The van der Waals surface area contributed by atoms with Crippen LogP contribution in [0.3, 0.4) is 0 Å². The average Bonchev–Trinajstić information content (AvgIpc) is 2.56. The highest BCUT2D eigenvalue weighted by Gasteiger charge is 2.53. The van der Waals surface area contributed by atoms with E-state index in [0.29, 0.717) is 15.4 Å². The molecule has 1 saturated heterocycles. The van der Waals surface area contributed by atoms with Crippen molar-refractivity contribution in [3.8, 4) is 0 Å². The summed E-state index contributed by atoms with van der Waals surface area (Å²) in [6.07, 6.45) is 0.870. The van der Waals surface area contributed by atoms with Gasteiger partial charge in [-0.2, -0.15) is 4.31 Å². The average molecular weight is 361 g/mol. The lowest BCUT2D eigenvalue weighted by molar-refractivity contribution is -0.128. The number of hydrogen-bond acceptors (Lipinski definition) is 5. The van der Waals surface area contributed by atoms with Gasteiger partial charge in [0.1, 0.15) is 5.41 Å². The topological polar surface area (TPSA) is 71.5 Å². The van der Waals surface area contributed by atoms with Crippen molar-refractivity contribution < 1.29 is 18.0 Å². The molecule has 3 rings (SSSR count). The molecular formula is C17H15NO4S2. The molecule has 0 atom stereocenters. The fourth-order valence-electron chi connectivity index (χ4n) is 2.86. The van der Waals surface area contributed by atoms with Crippen LogP contribution >= 0.6 is 11.8 Å². The first-order chi connectivity index (χ1) is 11.4. The van der Waals surface area contributed by atoms with Gasteiger partial charge in [-0.25, -0.2) is 8.42 Å². The van der Waals surface area contributed by atoms with Gasteiger partial charge in [0.05, 0.1) is 6.26 Å². The fourth-order valence-corrected chi connectivity index (χ4v) is 5.15. The second kappa shape index (κ2) is 6.07. The molecule has 5 nitrogen and oxygen atoms in total. The monoisotopic (exact) mass is 361 g/mol. The summed E-state index contributed by atoms with van der Waals surface area (Å²) in [6, 6.07) is 17.9. The first kappa shape index (κ1) is 16.7. The quantitative estimate of drug-likeness (QED) is 0.840. The van der Waals surface area contributed by atoms with E-state index in [9.17, 15) is 18.0 Å². The Morgan fingerprint density at radius 3 is 1.79 bits per heavy atom. The SMILES string of the molecule is CS(=O)(=O)N1C(=O)SCC(c2ccccc2)(c2ccccc2)C1=O. The maximum atomic E-state index is 13.2. The van der Waals surface area contributed by atoms with Crippen molar-refractivity contribution in [1.82, 2.24) is 4.31 Å². The number of thioether (sulfide) groups is 1. The van der Waals surface area contributed by atoms with Gasteiger partial charge in [-0.15, -0.1) is 0 Å². The lowest BCUT2D eigenvalue weighted by Gasteiger charge is -2.39. The molecule has 7 heteroatoms. The van der Waals surface area contributed by atoms with Crippen molar-refractivity contribution in [3.05, 3.63) is 71.8 Å². The van der Waals surface area contributed by atoms with Crippen LogP contribution in [0.1, 0.15) is 11.1 Å². The normalized spacial score (nSPS) is 17.8. The Bertz CT molecular complexity index is 840. The minimum Gasteiger partial charge on any atom is -0.272 e. The van der Waals surface area contributed by atoms with Crippen LogP contribution in [0.5, 0.6) is 0 Å². The highest BCUT2D eigenvalue weighted by atomic mass is 32.2. The van der Waals surface area contributed by atoms with Crippen molar-refractivity contribution in [2.45, 2.75) is 5.41 Å². The van der Waals surface area contributed by atoms with Crippen LogP contribution in [0.25, 0.3) is 0 Å². The number of carbonyl (C=O) groups excluding carboxylic acids is 2. The molecule has 1 aliphatic heterocycles. The standard InChI is InChI=1S/C17H15NO4S2/c1-24(21,22)18-15(19)17(12-23-16(18)20,13-8-4-2-5-9-13)14-10-6-3-7-11-14/h2-11H,12H2,1H3. The van der Waals surface area contributed by atoms with Crippen LogP contribution in [0.15, 0.2) is 60.7 Å². The third-order valence-electron chi connectivity index (χ3n) is 3.99. The summed E-state index contributed by atoms with van der Waals surface area (Å²) >= 11 is 0.840. The molecule has 1 heterocycles. The molecule has 0 radical (unpaired) electrons. The Labute approximate surface area is 144 Å². The van der Waals surface area contributed by atoms with Gasteiger partial charge < -0.3 is 0 Å². The summed E-state index contributed by atoms with van der Waals surface area (Å²) < 4.78 is 24.4. The second-order valence-corrected chi connectivity index (χ2v) is 8.28. The van der Waals surface area contributed by atoms with Gasteiger partial charge >= 0.3 is 5.24 Å². The van der Waals surface area contributed by atoms with E-state index in [1.165, 1.54) is 0 Å². The summed E-state index contributed by atoms with van der Waals surface area (Å²) in [5.41, 5.74) is 0.106. The lowest BCUT2D eigenvalue weighted by atomic mass is 9.75. The van der Waals surface area contributed by atoms with E-state index >= 15 is 0 Å². The number of carbonyl (C=O) groups is 2. The van der Waals surface area contributed by atoms with Gasteiger partial charge in [0, 0.05) is 5.75 Å². The Balaban J connectivity index is 2.27. The highest BCUT2D eigenvalue weighted by molar-refractivity contribution is 8.14. The number of imide groups is 1. The summed E-state index contributed by atoms with van der Waals surface area (Å²) in [5, 5.41) is -0.759. The molecule has 1 aliphatic rings. The van der Waals surface area contributed by atoms with E-state index in [0.717, 1.165) is 18.0 Å². The van der Waals surface area contributed by atoms with Gasteiger partial charge in [0.25, 0.3) is 5.91 Å². The smallest absolute Gasteiger partial charge is 0.272 e. The van der Waals surface area contributed by atoms with Crippen molar-refractivity contribution in [2.75, 3.05) is 12.0 Å². The molecule has 0 saturated carbocycles. The van der Waals surface area contributed by atoms with Gasteiger partial charge in [0.15, 0.2) is 0 Å².